The van der Waals surface area contributed by atoms with Gasteiger partial charge in [0.25, 0.3) is 5.78 Å². The minimum Gasteiger partial charge on any atom is -0.376 e. The number of anilines is 1. The van der Waals surface area contributed by atoms with Crippen molar-refractivity contribution in [2.75, 3.05) is 24.6 Å². The smallest absolute Gasteiger partial charge is 0.258 e. The van der Waals surface area contributed by atoms with Crippen molar-refractivity contribution in [3.05, 3.63) is 77.6 Å². The molecule has 5 heterocycles. The van der Waals surface area contributed by atoms with E-state index in [-0.39, 0.29) is 35.9 Å². The highest BCUT2D eigenvalue weighted by atomic mass is 19.1. The van der Waals surface area contributed by atoms with Crippen molar-refractivity contribution in [1.82, 2.24) is 39.5 Å². The van der Waals surface area contributed by atoms with Crippen molar-refractivity contribution < 1.29 is 13.5 Å². The first-order chi connectivity index (χ1) is 20.5. The Labute approximate surface area is 241 Å². The fourth-order valence-corrected chi connectivity index (χ4v) is 6.50. The molecule has 0 radical (unpaired) electrons. The van der Waals surface area contributed by atoms with Crippen LogP contribution in [0.1, 0.15) is 50.3 Å². The minimum atomic E-state index is -0.284. The first-order valence-electron chi connectivity index (χ1n) is 14.6. The maximum atomic E-state index is 13.9. The van der Waals surface area contributed by atoms with Crippen molar-refractivity contribution >= 4 is 22.8 Å². The van der Waals surface area contributed by atoms with Crippen LogP contribution < -0.4 is 4.90 Å². The van der Waals surface area contributed by atoms with Crippen LogP contribution in [0.25, 0.3) is 16.9 Å². The molecule has 12 heteroatoms. The van der Waals surface area contributed by atoms with Crippen LogP contribution in [-0.4, -0.2) is 77.4 Å². The Morgan fingerprint density at radius 2 is 1.69 bits per heavy atom. The molecule has 3 atom stereocenters. The number of ether oxygens (including phenoxy) is 1. The van der Waals surface area contributed by atoms with Gasteiger partial charge in [-0.15, -0.1) is 15.3 Å². The fraction of sp³-hybridized carbons (Fsp3) is 0.433. The van der Waals surface area contributed by atoms with Crippen LogP contribution in [0.15, 0.2) is 54.9 Å². The van der Waals surface area contributed by atoms with Crippen molar-refractivity contribution in [3.8, 4) is 0 Å². The average molecular weight is 574 g/mol. The van der Waals surface area contributed by atoms with E-state index in [1.54, 1.807) is 6.33 Å². The third kappa shape index (κ3) is 4.78. The maximum Gasteiger partial charge on any atom is 0.258 e. The van der Waals surface area contributed by atoms with Crippen LogP contribution in [0.4, 0.5) is 14.6 Å². The summed E-state index contributed by atoms with van der Waals surface area (Å²) in [5.41, 5.74) is 3.42. The molecule has 0 aliphatic carbocycles. The van der Waals surface area contributed by atoms with Crippen LogP contribution in [0.2, 0.25) is 0 Å². The Morgan fingerprint density at radius 1 is 0.976 bits per heavy atom. The van der Waals surface area contributed by atoms with Gasteiger partial charge in [0.05, 0.1) is 18.7 Å². The zero-order chi connectivity index (χ0) is 28.8. The molecule has 42 heavy (non-hydrogen) atoms. The molecule has 218 valence electrons. The number of piperazine rings is 1. The zero-order valence-electron chi connectivity index (χ0n) is 23.6. The van der Waals surface area contributed by atoms with E-state index in [1.165, 1.54) is 24.3 Å². The lowest BCUT2D eigenvalue weighted by molar-refractivity contribution is 0.0944. The van der Waals surface area contributed by atoms with Crippen LogP contribution >= 0.6 is 0 Å². The molecular weight excluding hydrogens is 540 g/mol. The standard InChI is InChI=1S/C30H33F2N9O/c1-3-24-16-38(19(2)15-39(24)27(20-6-10-22(31)11-7-20)21-8-12-23(32)13-9-21)28-26-29(40-18-33-36-30(40)34-28)41(37-35-26)17-25-5-4-14-42-25/h6-13,18-19,24-25,27H,3-5,14-17H2,1-2H3/t19-,24+,25+/m0/s1. The van der Waals surface area contributed by atoms with Crippen molar-refractivity contribution in [2.45, 2.75) is 63.9 Å². The molecule has 2 saturated heterocycles. The average Bonchev–Trinajstić information content (AvgIpc) is 3.77. The lowest BCUT2D eigenvalue weighted by Crippen LogP contribution is -2.58. The molecule has 0 saturated carbocycles. The molecule has 2 aromatic carbocycles. The minimum absolute atomic E-state index is 0.0422. The van der Waals surface area contributed by atoms with Gasteiger partial charge in [-0.3, -0.25) is 4.90 Å². The fourth-order valence-electron chi connectivity index (χ4n) is 6.50. The van der Waals surface area contributed by atoms with Gasteiger partial charge in [-0.2, -0.15) is 4.98 Å². The number of hydrogen-bond donors (Lipinski definition) is 0. The lowest BCUT2D eigenvalue weighted by atomic mass is 9.92. The highest BCUT2D eigenvalue weighted by Crippen LogP contribution is 2.37. The second-order valence-corrected chi connectivity index (χ2v) is 11.3. The summed E-state index contributed by atoms with van der Waals surface area (Å²) in [7, 11) is 0. The van der Waals surface area contributed by atoms with E-state index >= 15 is 0 Å². The molecule has 10 nitrogen and oxygen atoms in total. The van der Waals surface area contributed by atoms with E-state index in [4.69, 9.17) is 9.72 Å². The molecule has 0 N–H and O–H groups in total. The topological polar surface area (TPSA) is 89.5 Å². The number of nitrogens with zero attached hydrogens (tertiary/aromatic N) is 9. The molecule has 0 bridgehead atoms. The van der Waals surface area contributed by atoms with Crippen molar-refractivity contribution in [3.63, 3.8) is 0 Å². The van der Waals surface area contributed by atoms with E-state index in [0.717, 1.165) is 48.5 Å². The zero-order valence-corrected chi connectivity index (χ0v) is 23.6. The van der Waals surface area contributed by atoms with Gasteiger partial charge in [-0.25, -0.2) is 17.9 Å². The largest absolute Gasteiger partial charge is 0.376 e. The van der Waals surface area contributed by atoms with E-state index < -0.39 is 0 Å². The molecule has 0 spiro atoms. The Kier molecular flexibility index (Phi) is 7.02. The van der Waals surface area contributed by atoms with Crippen LogP contribution in [0, 0.1) is 11.6 Å². The number of hydrogen-bond acceptors (Lipinski definition) is 8. The first-order valence-corrected chi connectivity index (χ1v) is 14.6. The molecule has 0 unspecified atom stereocenters. The van der Waals surface area contributed by atoms with Crippen molar-refractivity contribution in [2.24, 2.45) is 0 Å². The van der Waals surface area contributed by atoms with E-state index in [1.807, 2.05) is 33.3 Å². The Morgan fingerprint density at radius 3 is 2.33 bits per heavy atom. The van der Waals surface area contributed by atoms with Gasteiger partial charge in [-0.1, -0.05) is 36.4 Å². The van der Waals surface area contributed by atoms with Gasteiger partial charge < -0.3 is 9.64 Å². The van der Waals surface area contributed by atoms with Crippen LogP contribution in [0.5, 0.6) is 0 Å². The second-order valence-electron chi connectivity index (χ2n) is 11.3. The highest BCUT2D eigenvalue weighted by molar-refractivity contribution is 5.85. The Hall–Kier alpha value is -4.03. The van der Waals surface area contributed by atoms with Crippen LogP contribution in [0.3, 0.4) is 0 Å². The van der Waals surface area contributed by atoms with Gasteiger partial charge in [0.15, 0.2) is 17.0 Å². The monoisotopic (exact) mass is 573 g/mol. The molecular formula is C30H33F2N9O. The summed E-state index contributed by atoms with van der Waals surface area (Å²) in [6.45, 7) is 7.09. The van der Waals surface area contributed by atoms with E-state index in [0.29, 0.717) is 30.9 Å². The number of fused-ring (bicyclic) bond motifs is 3. The maximum absolute atomic E-state index is 13.9. The van der Waals surface area contributed by atoms with Crippen LogP contribution in [-0.2, 0) is 11.3 Å². The second kappa shape index (κ2) is 11.0. The third-order valence-corrected chi connectivity index (χ3v) is 8.62. The van der Waals surface area contributed by atoms with Crippen molar-refractivity contribution in [1.29, 1.82) is 0 Å². The summed E-state index contributed by atoms with van der Waals surface area (Å²) in [5, 5.41) is 17.5. The number of halogens is 2. The Balaban J connectivity index is 1.26. The predicted molar refractivity (Wildman–Crippen MR) is 153 cm³/mol. The molecule has 7 rings (SSSR count). The summed E-state index contributed by atoms with van der Waals surface area (Å²) < 4.78 is 37.4. The SMILES string of the molecule is CC[C@@H]1CN(c2nc3nncn3c3c2nnn3C[C@H]2CCCO2)[C@@H](C)CN1C(c1ccc(F)cc1)c1ccc(F)cc1. The van der Waals surface area contributed by atoms with Gasteiger partial charge in [0, 0.05) is 31.8 Å². The molecule has 0 amide bonds. The van der Waals surface area contributed by atoms with Gasteiger partial charge in [-0.05, 0) is 61.6 Å². The molecule has 2 fully saturated rings. The Bertz CT molecular complexity index is 1640. The quantitative estimate of drug-likeness (QED) is 0.283. The van der Waals surface area contributed by atoms with Gasteiger partial charge in [0.1, 0.15) is 18.0 Å². The van der Waals surface area contributed by atoms with E-state index in [2.05, 4.69) is 44.2 Å². The lowest BCUT2D eigenvalue weighted by Gasteiger charge is -2.49. The summed E-state index contributed by atoms with van der Waals surface area (Å²) in [4.78, 5) is 9.66. The first kappa shape index (κ1) is 26.8. The summed E-state index contributed by atoms with van der Waals surface area (Å²) in [5.74, 6) is 0.656. The normalized spacial score (nSPS) is 21.7. The highest BCUT2D eigenvalue weighted by Gasteiger charge is 2.38. The molecule has 5 aromatic rings. The molecule has 3 aromatic heterocycles. The summed E-state index contributed by atoms with van der Waals surface area (Å²) in [6.07, 6.45) is 4.65. The summed E-state index contributed by atoms with van der Waals surface area (Å²) in [6, 6.07) is 13.2. The number of benzene rings is 2. The van der Waals surface area contributed by atoms with E-state index in [9.17, 15) is 8.78 Å². The third-order valence-electron chi connectivity index (χ3n) is 8.62. The molecule has 2 aliphatic rings. The number of rotatable bonds is 7. The molecule has 2 aliphatic heterocycles. The number of aromatic nitrogens is 7. The van der Waals surface area contributed by atoms with Gasteiger partial charge >= 0.3 is 0 Å². The van der Waals surface area contributed by atoms with Gasteiger partial charge in [0.2, 0.25) is 0 Å². The predicted octanol–water partition coefficient (Wildman–Crippen LogP) is 4.40. The summed E-state index contributed by atoms with van der Waals surface area (Å²) >= 11 is 0.